The molecule has 0 aromatic rings. The molecule has 0 aromatic heterocycles. The molecule has 2 heterocycles. The van der Waals surface area contributed by atoms with E-state index in [0.717, 1.165) is 39.1 Å². The van der Waals surface area contributed by atoms with E-state index in [-0.39, 0.29) is 6.04 Å². The molecule has 0 saturated carbocycles. The van der Waals surface area contributed by atoms with E-state index in [9.17, 15) is 8.42 Å². The smallest absolute Gasteiger partial charge is 0.151 e. The van der Waals surface area contributed by atoms with Crippen molar-refractivity contribution in [3.8, 4) is 0 Å². The third-order valence-electron chi connectivity index (χ3n) is 4.14. The van der Waals surface area contributed by atoms with Crippen LogP contribution in [0.1, 0.15) is 13.3 Å². The minimum atomic E-state index is -2.75. The summed E-state index contributed by atoms with van der Waals surface area (Å²) in [6, 6.07) is 0.797. The van der Waals surface area contributed by atoms with Crippen molar-refractivity contribution in [2.24, 2.45) is 0 Å². The SMILES string of the molecule is CC1CN(CCNC2CCS(=O)(=O)C2)CCN1C. The van der Waals surface area contributed by atoms with Crippen LogP contribution in [0.3, 0.4) is 0 Å². The number of rotatable bonds is 4. The molecule has 0 amide bonds. The third kappa shape index (κ3) is 3.91. The Bertz CT molecular complexity index is 372. The maximum Gasteiger partial charge on any atom is 0.151 e. The van der Waals surface area contributed by atoms with Crippen LogP contribution >= 0.6 is 0 Å². The molecule has 2 saturated heterocycles. The number of nitrogens with zero attached hydrogens (tertiary/aromatic N) is 2. The fourth-order valence-corrected chi connectivity index (χ4v) is 4.42. The second kappa shape index (κ2) is 5.86. The van der Waals surface area contributed by atoms with E-state index in [1.807, 2.05) is 0 Å². The summed E-state index contributed by atoms with van der Waals surface area (Å²) in [5.74, 6) is 0.683. The standard InChI is InChI=1S/C12H25N3O2S/c1-11-9-15(7-6-14(11)2)5-4-13-12-3-8-18(16,17)10-12/h11-13H,3-10H2,1-2H3. The molecule has 5 nitrogen and oxygen atoms in total. The van der Waals surface area contributed by atoms with Gasteiger partial charge in [-0.1, -0.05) is 0 Å². The first-order chi connectivity index (χ1) is 8.46. The zero-order valence-electron chi connectivity index (χ0n) is 11.4. The third-order valence-corrected chi connectivity index (χ3v) is 5.91. The van der Waals surface area contributed by atoms with Gasteiger partial charge in [-0.3, -0.25) is 4.90 Å². The van der Waals surface area contributed by atoms with Gasteiger partial charge >= 0.3 is 0 Å². The Morgan fingerprint density at radius 2 is 2.11 bits per heavy atom. The number of hydrogen-bond donors (Lipinski definition) is 1. The quantitative estimate of drug-likeness (QED) is 0.742. The van der Waals surface area contributed by atoms with Crippen molar-refractivity contribution in [1.29, 1.82) is 0 Å². The summed E-state index contributed by atoms with van der Waals surface area (Å²) in [5, 5.41) is 3.38. The zero-order valence-corrected chi connectivity index (χ0v) is 12.2. The predicted octanol–water partition coefficient (Wildman–Crippen LogP) is -0.601. The van der Waals surface area contributed by atoms with Crippen LogP contribution in [0.5, 0.6) is 0 Å². The van der Waals surface area contributed by atoms with Gasteiger partial charge in [0.1, 0.15) is 0 Å². The van der Waals surface area contributed by atoms with Crippen molar-refractivity contribution in [3.63, 3.8) is 0 Å². The highest BCUT2D eigenvalue weighted by molar-refractivity contribution is 7.91. The maximum absolute atomic E-state index is 11.3. The molecule has 2 aliphatic rings. The Labute approximate surface area is 110 Å². The van der Waals surface area contributed by atoms with Gasteiger partial charge in [0.25, 0.3) is 0 Å². The van der Waals surface area contributed by atoms with E-state index in [0.29, 0.717) is 17.5 Å². The van der Waals surface area contributed by atoms with Gasteiger partial charge in [0, 0.05) is 44.8 Å². The summed E-state index contributed by atoms with van der Waals surface area (Å²) in [6.07, 6.45) is 0.779. The Kier molecular flexibility index (Phi) is 4.64. The molecule has 2 atom stereocenters. The monoisotopic (exact) mass is 275 g/mol. The number of hydrogen-bond acceptors (Lipinski definition) is 5. The van der Waals surface area contributed by atoms with Crippen LogP contribution in [-0.2, 0) is 9.84 Å². The van der Waals surface area contributed by atoms with Crippen LogP contribution in [0.4, 0.5) is 0 Å². The highest BCUT2D eigenvalue weighted by Crippen LogP contribution is 2.11. The van der Waals surface area contributed by atoms with E-state index in [1.165, 1.54) is 0 Å². The first-order valence-corrected chi connectivity index (χ1v) is 8.65. The fraction of sp³-hybridized carbons (Fsp3) is 1.00. The number of likely N-dealkylation sites (N-methyl/N-ethyl adjacent to an activating group) is 1. The van der Waals surface area contributed by atoms with Crippen molar-refractivity contribution in [3.05, 3.63) is 0 Å². The highest BCUT2D eigenvalue weighted by Gasteiger charge is 2.27. The lowest BCUT2D eigenvalue weighted by atomic mass is 10.2. The first-order valence-electron chi connectivity index (χ1n) is 6.83. The molecule has 2 rings (SSSR count). The molecule has 6 heteroatoms. The molecule has 0 bridgehead atoms. The van der Waals surface area contributed by atoms with Crippen LogP contribution in [0.15, 0.2) is 0 Å². The van der Waals surface area contributed by atoms with Crippen LogP contribution in [0.2, 0.25) is 0 Å². The normalized spacial score (nSPS) is 33.9. The second-order valence-corrected chi connectivity index (χ2v) is 7.91. The van der Waals surface area contributed by atoms with E-state index in [4.69, 9.17) is 0 Å². The summed E-state index contributed by atoms with van der Waals surface area (Å²) >= 11 is 0. The van der Waals surface area contributed by atoms with Crippen molar-refractivity contribution in [1.82, 2.24) is 15.1 Å². The molecular formula is C12H25N3O2S. The minimum Gasteiger partial charge on any atom is -0.312 e. The van der Waals surface area contributed by atoms with E-state index in [1.54, 1.807) is 0 Å². The Morgan fingerprint density at radius 3 is 2.72 bits per heavy atom. The van der Waals surface area contributed by atoms with Crippen LogP contribution < -0.4 is 5.32 Å². The Balaban J connectivity index is 1.64. The summed E-state index contributed by atoms with van der Waals surface area (Å²) in [7, 11) is -0.579. The summed E-state index contributed by atoms with van der Waals surface area (Å²) < 4.78 is 22.7. The van der Waals surface area contributed by atoms with Crippen molar-refractivity contribution < 1.29 is 8.42 Å². The van der Waals surface area contributed by atoms with Gasteiger partial charge in [-0.2, -0.15) is 0 Å². The molecule has 106 valence electrons. The molecule has 0 aliphatic carbocycles. The lowest BCUT2D eigenvalue weighted by Crippen LogP contribution is -2.51. The Hall–Kier alpha value is -0.170. The van der Waals surface area contributed by atoms with Gasteiger partial charge in [-0.05, 0) is 20.4 Å². The molecule has 0 spiro atoms. The van der Waals surface area contributed by atoms with E-state index >= 15 is 0 Å². The molecular weight excluding hydrogens is 250 g/mol. The largest absolute Gasteiger partial charge is 0.312 e. The highest BCUT2D eigenvalue weighted by atomic mass is 32.2. The molecule has 2 fully saturated rings. The topological polar surface area (TPSA) is 52.7 Å². The van der Waals surface area contributed by atoms with Crippen LogP contribution in [-0.4, -0.2) is 81.6 Å². The van der Waals surface area contributed by atoms with Gasteiger partial charge in [0.2, 0.25) is 0 Å². The molecule has 0 aromatic carbocycles. The van der Waals surface area contributed by atoms with Gasteiger partial charge in [0.05, 0.1) is 11.5 Å². The van der Waals surface area contributed by atoms with Gasteiger partial charge in [-0.15, -0.1) is 0 Å². The lowest BCUT2D eigenvalue weighted by Gasteiger charge is -2.37. The minimum absolute atomic E-state index is 0.180. The summed E-state index contributed by atoms with van der Waals surface area (Å²) in [5.41, 5.74) is 0. The summed E-state index contributed by atoms with van der Waals surface area (Å²) in [6.45, 7) is 7.53. The fourth-order valence-electron chi connectivity index (χ4n) is 2.71. The first kappa shape index (κ1) is 14.2. The Morgan fingerprint density at radius 1 is 1.33 bits per heavy atom. The van der Waals surface area contributed by atoms with Crippen molar-refractivity contribution in [2.45, 2.75) is 25.4 Å². The van der Waals surface area contributed by atoms with Crippen LogP contribution in [0.25, 0.3) is 0 Å². The average Bonchev–Trinajstić information content (AvgIpc) is 2.63. The maximum atomic E-state index is 11.3. The average molecular weight is 275 g/mol. The van der Waals surface area contributed by atoms with Crippen molar-refractivity contribution >= 4 is 9.84 Å². The van der Waals surface area contributed by atoms with E-state index < -0.39 is 9.84 Å². The van der Waals surface area contributed by atoms with Gasteiger partial charge in [0.15, 0.2) is 9.84 Å². The number of piperazine rings is 1. The van der Waals surface area contributed by atoms with Gasteiger partial charge < -0.3 is 10.2 Å². The predicted molar refractivity (Wildman–Crippen MR) is 73.6 cm³/mol. The van der Waals surface area contributed by atoms with Crippen LogP contribution in [0, 0.1) is 0 Å². The van der Waals surface area contributed by atoms with E-state index in [2.05, 4.69) is 29.1 Å². The summed E-state index contributed by atoms with van der Waals surface area (Å²) in [4.78, 5) is 4.84. The molecule has 18 heavy (non-hydrogen) atoms. The lowest BCUT2D eigenvalue weighted by molar-refractivity contribution is 0.105. The van der Waals surface area contributed by atoms with Gasteiger partial charge in [-0.25, -0.2) is 8.42 Å². The molecule has 1 N–H and O–H groups in total. The van der Waals surface area contributed by atoms with Crippen molar-refractivity contribution in [2.75, 3.05) is 51.3 Å². The number of sulfone groups is 1. The molecule has 0 radical (unpaired) electrons. The molecule has 2 aliphatic heterocycles. The molecule has 2 unspecified atom stereocenters. The zero-order chi connectivity index (χ0) is 13.2. The second-order valence-electron chi connectivity index (χ2n) is 5.68. The number of nitrogens with one attached hydrogen (secondary N) is 1.